The molecule has 0 spiro atoms. The second kappa shape index (κ2) is 8.90. The van der Waals surface area contributed by atoms with Crippen molar-refractivity contribution in [1.82, 2.24) is 5.32 Å². The van der Waals surface area contributed by atoms with Gasteiger partial charge in [-0.15, -0.1) is 0 Å². The van der Waals surface area contributed by atoms with E-state index in [1.807, 2.05) is 39.0 Å². The summed E-state index contributed by atoms with van der Waals surface area (Å²) in [5, 5.41) is 2.99. The van der Waals surface area contributed by atoms with E-state index in [4.69, 9.17) is 14.2 Å². The van der Waals surface area contributed by atoms with Gasteiger partial charge < -0.3 is 19.5 Å². The van der Waals surface area contributed by atoms with E-state index in [0.29, 0.717) is 23.6 Å². The molecule has 1 aliphatic heterocycles. The average Bonchev–Trinajstić information content (AvgIpc) is 2.69. The van der Waals surface area contributed by atoms with Crippen LogP contribution in [0.1, 0.15) is 37.4 Å². The maximum atomic E-state index is 13.0. The average molecular weight is 463 g/mol. The van der Waals surface area contributed by atoms with Crippen LogP contribution < -0.4 is 23.8 Å². The largest absolute Gasteiger partial charge is 0.493 e. The summed E-state index contributed by atoms with van der Waals surface area (Å²) in [7, 11) is -0.778. The number of aryl methyl sites for hydroxylation is 1. The molecule has 1 heterocycles. The number of carbonyl (C=O) groups is 1. The number of nitrogens with one attached hydrogen (secondary N) is 1. The zero-order chi connectivity index (χ0) is 23.7. The van der Waals surface area contributed by atoms with Gasteiger partial charge in [0.1, 0.15) is 17.9 Å². The molecule has 1 atom stereocenters. The van der Waals surface area contributed by atoms with Crippen molar-refractivity contribution in [3.63, 3.8) is 0 Å². The molecule has 0 bridgehead atoms. The number of anilines is 1. The first-order valence-corrected chi connectivity index (χ1v) is 12.1. The number of amides is 1. The Morgan fingerprint density at radius 3 is 2.47 bits per heavy atom. The Balaban J connectivity index is 1.86. The number of fused-ring (bicyclic) bond motifs is 1. The maximum absolute atomic E-state index is 13.0. The van der Waals surface area contributed by atoms with Gasteiger partial charge in [-0.1, -0.05) is 12.1 Å². The van der Waals surface area contributed by atoms with Gasteiger partial charge in [-0.25, -0.2) is 8.42 Å². The molecular weight excluding hydrogens is 432 g/mol. The van der Waals surface area contributed by atoms with E-state index in [1.165, 1.54) is 20.3 Å². The molecule has 1 N–H and O–H groups in total. The number of rotatable bonds is 7. The summed E-state index contributed by atoms with van der Waals surface area (Å²) in [6, 6.07) is 10.3. The smallest absolute Gasteiger partial charge is 0.241 e. The number of nitrogens with zero attached hydrogens (tertiary/aromatic N) is 1. The number of hydrogen-bond donors (Lipinski definition) is 1. The van der Waals surface area contributed by atoms with Crippen LogP contribution in [0.15, 0.2) is 36.4 Å². The van der Waals surface area contributed by atoms with Crippen LogP contribution in [-0.2, 0) is 14.8 Å². The monoisotopic (exact) mass is 462 g/mol. The fourth-order valence-corrected chi connectivity index (χ4v) is 4.69. The van der Waals surface area contributed by atoms with Crippen LogP contribution in [0.3, 0.4) is 0 Å². The van der Waals surface area contributed by atoms with Crippen molar-refractivity contribution in [2.24, 2.45) is 0 Å². The van der Waals surface area contributed by atoms with Crippen molar-refractivity contribution in [3.05, 3.63) is 47.5 Å². The Morgan fingerprint density at radius 1 is 1.16 bits per heavy atom. The highest BCUT2D eigenvalue weighted by atomic mass is 32.2. The normalized spacial score (nSPS) is 17.0. The van der Waals surface area contributed by atoms with Crippen LogP contribution in [-0.4, -0.2) is 46.9 Å². The maximum Gasteiger partial charge on any atom is 0.241 e. The van der Waals surface area contributed by atoms with Crippen molar-refractivity contribution < 1.29 is 27.4 Å². The molecule has 0 fully saturated rings. The number of benzene rings is 2. The predicted octanol–water partition coefficient (Wildman–Crippen LogP) is 3.20. The van der Waals surface area contributed by atoms with Gasteiger partial charge in [-0.3, -0.25) is 9.10 Å². The molecule has 9 heteroatoms. The van der Waals surface area contributed by atoms with E-state index in [-0.39, 0.29) is 12.6 Å². The lowest BCUT2D eigenvalue weighted by atomic mass is 9.89. The molecule has 1 amide bonds. The number of carbonyl (C=O) groups excluding carboxylic acids is 1. The molecule has 2 aromatic rings. The molecule has 0 aliphatic carbocycles. The Kier molecular flexibility index (Phi) is 6.59. The second-order valence-electron chi connectivity index (χ2n) is 8.54. The van der Waals surface area contributed by atoms with Gasteiger partial charge in [0.05, 0.1) is 32.2 Å². The van der Waals surface area contributed by atoms with E-state index >= 15 is 0 Å². The van der Waals surface area contributed by atoms with Gasteiger partial charge in [0.2, 0.25) is 15.9 Å². The van der Waals surface area contributed by atoms with Crippen molar-refractivity contribution in [3.8, 4) is 17.2 Å². The summed E-state index contributed by atoms with van der Waals surface area (Å²) in [5.74, 6) is 1.14. The van der Waals surface area contributed by atoms with E-state index in [0.717, 1.165) is 27.4 Å². The summed E-state index contributed by atoms with van der Waals surface area (Å²) in [6.45, 7) is 5.53. The number of sulfonamides is 1. The Hall–Kier alpha value is -2.94. The van der Waals surface area contributed by atoms with Gasteiger partial charge in [0.25, 0.3) is 0 Å². The summed E-state index contributed by atoms with van der Waals surface area (Å²) in [4.78, 5) is 13.0. The molecule has 174 valence electrons. The predicted molar refractivity (Wildman–Crippen MR) is 123 cm³/mol. The third kappa shape index (κ3) is 5.27. The molecule has 2 aromatic carbocycles. The molecule has 0 saturated carbocycles. The lowest BCUT2D eigenvalue weighted by molar-refractivity contribution is -0.120. The third-order valence-corrected chi connectivity index (χ3v) is 6.44. The Labute approximate surface area is 189 Å². The molecule has 3 rings (SSSR count). The minimum Gasteiger partial charge on any atom is -0.493 e. The number of hydrogen-bond acceptors (Lipinski definition) is 6. The van der Waals surface area contributed by atoms with Crippen LogP contribution in [0.2, 0.25) is 0 Å². The van der Waals surface area contributed by atoms with E-state index in [2.05, 4.69) is 5.32 Å². The van der Waals surface area contributed by atoms with Crippen LogP contribution in [0.25, 0.3) is 0 Å². The summed E-state index contributed by atoms with van der Waals surface area (Å²) < 4.78 is 42.6. The highest BCUT2D eigenvalue weighted by Crippen LogP contribution is 2.40. The van der Waals surface area contributed by atoms with Crippen LogP contribution in [0.4, 0.5) is 5.69 Å². The zero-order valence-corrected chi connectivity index (χ0v) is 20.1. The minimum atomic E-state index is -3.74. The molecule has 1 aliphatic rings. The van der Waals surface area contributed by atoms with Gasteiger partial charge in [-0.2, -0.15) is 0 Å². The lowest BCUT2D eigenvalue weighted by Crippen LogP contribution is -2.45. The van der Waals surface area contributed by atoms with E-state index in [9.17, 15) is 13.2 Å². The second-order valence-corrected chi connectivity index (χ2v) is 10.4. The molecule has 0 saturated heterocycles. The topological polar surface area (TPSA) is 94.2 Å². The lowest BCUT2D eigenvalue weighted by Gasteiger charge is -2.38. The molecule has 32 heavy (non-hydrogen) atoms. The van der Waals surface area contributed by atoms with Gasteiger partial charge in [0, 0.05) is 18.1 Å². The SMILES string of the molecule is COc1ccc(N(CC(=O)NC2CC(C)(C)Oc3cc(C)ccc32)S(C)(=O)=O)cc1OC. The van der Waals surface area contributed by atoms with Crippen molar-refractivity contribution >= 4 is 21.6 Å². The van der Waals surface area contributed by atoms with E-state index < -0.39 is 21.5 Å². The standard InChI is InChI=1S/C23H30N2O6S/c1-15-7-9-17-18(13-23(2,3)31-20(17)11-15)24-22(26)14-25(32(6,27)28)16-8-10-19(29-4)21(12-16)30-5/h7-12,18H,13-14H2,1-6H3,(H,24,26). The Bertz CT molecular complexity index is 1110. The van der Waals surface area contributed by atoms with E-state index in [1.54, 1.807) is 12.1 Å². The van der Waals surface area contributed by atoms with Gasteiger partial charge >= 0.3 is 0 Å². The molecular formula is C23H30N2O6S. The quantitative estimate of drug-likeness (QED) is 0.679. The first kappa shape index (κ1) is 23.7. The van der Waals surface area contributed by atoms with Crippen LogP contribution in [0, 0.1) is 6.92 Å². The summed E-state index contributed by atoms with van der Waals surface area (Å²) >= 11 is 0. The number of methoxy groups -OCH3 is 2. The highest BCUT2D eigenvalue weighted by molar-refractivity contribution is 7.92. The van der Waals surface area contributed by atoms with Gasteiger partial charge in [-0.05, 0) is 44.5 Å². The van der Waals surface area contributed by atoms with Crippen molar-refractivity contribution in [2.75, 3.05) is 31.3 Å². The van der Waals surface area contributed by atoms with Gasteiger partial charge in [0.15, 0.2) is 11.5 Å². The fraction of sp³-hybridized carbons (Fsp3) is 0.435. The Morgan fingerprint density at radius 2 is 1.84 bits per heavy atom. The minimum absolute atomic E-state index is 0.298. The third-order valence-electron chi connectivity index (χ3n) is 5.30. The fourth-order valence-electron chi connectivity index (χ4n) is 3.84. The highest BCUT2D eigenvalue weighted by Gasteiger charge is 2.35. The first-order chi connectivity index (χ1) is 14.9. The molecule has 1 unspecified atom stereocenters. The summed E-state index contributed by atoms with van der Waals surface area (Å²) in [5.41, 5.74) is 1.77. The van der Waals surface area contributed by atoms with Crippen molar-refractivity contribution in [2.45, 2.75) is 38.8 Å². The molecule has 0 aromatic heterocycles. The van der Waals surface area contributed by atoms with Crippen molar-refractivity contribution in [1.29, 1.82) is 0 Å². The van der Waals surface area contributed by atoms with Crippen LogP contribution >= 0.6 is 0 Å². The zero-order valence-electron chi connectivity index (χ0n) is 19.3. The van der Waals surface area contributed by atoms with Crippen LogP contribution in [0.5, 0.6) is 17.2 Å². The molecule has 8 nitrogen and oxygen atoms in total. The first-order valence-electron chi connectivity index (χ1n) is 10.2. The molecule has 0 radical (unpaired) electrons. The number of ether oxygens (including phenoxy) is 3. The summed E-state index contributed by atoms with van der Waals surface area (Å²) in [6.07, 6.45) is 1.62.